The van der Waals surface area contributed by atoms with Crippen molar-refractivity contribution in [2.75, 3.05) is 26.2 Å². The molecule has 1 aliphatic rings. The Bertz CT molecular complexity index is 597. The number of carbonyl (C=O) groups is 2. The highest BCUT2D eigenvalue weighted by atomic mass is 35.5. The van der Waals surface area contributed by atoms with Crippen molar-refractivity contribution in [3.63, 3.8) is 0 Å². The fraction of sp³-hybridized carbons (Fsp3) is 0.529. The number of halogens is 2. The second kappa shape index (κ2) is 8.58. The molecular formula is C17H23Cl2N3O2. The van der Waals surface area contributed by atoms with E-state index in [0.717, 1.165) is 12.8 Å². The summed E-state index contributed by atoms with van der Waals surface area (Å²) in [5, 5.41) is 3.86. The number of likely N-dealkylation sites (tertiary alicyclic amines) is 1. The van der Waals surface area contributed by atoms with Gasteiger partial charge < -0.3 is 15.1 Å². The molecule has 3 amide bonds. The van der Waals surface area contributed by atoms with Crippen LogP contribution in [-0.4, -0.2) is 54.0 Å². The minimum Gasteiger partial charge on any atom is -0.338 e. The van der Waals surface area contributed by atoms with Gasteiger partial charge in [0.2, 0.25) is 0 Å². The third-order valence-electron chi connectivity index (χ3n) is 4.33. The molecule has 2 rings (SSSR count). The molecule has 1 N–H and O–H groups in total. The van der Waals surface area contributed by atoms with E-state index in [-0.39, 0.29) is 18.0 Å². The first-order chi connectivity index (χ1) is 11.5. The van der Waals surface area contributed by atoms with Crippen molar-refractivity contribution >= 4 is 35.1 Å². The van der Waals surface area contributed by atoms with Gasteiger partial charge in [0.25, 0.3) is 5.91 Å². The van der Waals surface area contributed by atoms with Gasteiger partial charge in [-0.1, -0.05) is 23.2 Å². The van der Waals surface area contributed by atoms with E-state index in [1.807, 2.05) is 13.8 Å². The first kappa shape index (κ1) is 18.9. The zero-order chi connectivity index (χ0) is 17.7. The summed E-state index contributed by atoms with van der Waals surface area (Å²) in [4.78, 5) is 28.2. The Balaban J connectivity index is 1.89. The third-order valence-corrected chi connectivity index (χ3v) is 5.07. The molecule has 1 heterocycles. The number of urea groups is 1. The number of hydrogen-bond donors (Lipinski definition) is 1. The van der Waals surface area contributed by atoms with Crippen LogP contribution < -0.4 is 5.32 Å². The van der Waals surface area contributed by atoms with Crippen molar-refractivity contribution in [1.29, 1.82) is 0 Å². The molecule has 0 bridgehead atoms. The molecule has 1 fully saturated rings. The maximum atomic E-state index is 12.5. The van der Waals surface area contributed by atoms with E-state index < -0.39 is 0 Å². The van der Waals surface area contributed by atoms with E-state index in [4.69, 9.17) is 23.2 Å². The van der Waals surface area contributed by atoms with Gasteiger partial charge in [-0.3, -0.25) is 4.79 Å². The van der Waals surface area contributed by atoms with Gasteiger partial charge in [0, 0.05) is 37.8 Å². The number of carbonyl (C=O) groups excluding carboxylic acids is 2. The van der Waals surface area contributed by atoms with E-state index in [9.17, 15) is 9.59 Å². The van der Waals surface area contributed by atoms with Gasteiger partial charge in [0.1, 0.15) is 0 Å². The lowest BCUT2D eigenvalue weighted by molar-refractivity contribution is 0.0706. The molecule has 0 saturated carbocycles. The molecule has 24 heavy (non-hydrogen) atoms. The SMILES string of the molecule is CCN(CC)C(=O)NC1CCN(C(=O)c2ccc(Cl)c(Cl)c2)CC1. The summed E-state index contributed by atoms with van der Waals surface area (Å²) >= 11 is 11.9. The number of amides is 3. The molecule has 132 valence electrons. The monoisotopic (exact) mass is 371 g/mol. The molecule has 0 atom stereocenters. The predicted molar refractivity (Wildman–Crippen MR) is 96.8 cm³/mol. The number of hydrogen-bond acceptors (Lipinski definition) is 2. The second-order valence-corrected chi connectivity index (χ2v) is 6.63. The Labute approximate surface area is 152 Å². The summed E-state index contributed by atoms with van der Waals surface area (Å²) in [7, 11) is 0. The lowest BCUT2D eigenvalue weighted by Crippen LogP contribution is -2.50. The summed E-state index contributed by atoms with van der Waals surface area (Å²) in [5.41, 5.74) is 0.537. The summed E-state index contributed by atoms with van der Waals surface area (Å²) in [5.74, 6) is -0.0536. The van der Waals surface area contributed by atoms with Crippen LogP contribution in [0.5, 0.6) is 0 Å². The fourth-order valence-electron chi connectivity index (χ4n) is 2.82. The number of nitrogens with one attached hydrogen (secondary N) is 1. The first-order valence-electron chi connectivity index (χ1n) is 8.26. The van der Waals surface area contributed by atoms with Crippen molar-refractivity contribution < 1.29 is 9.59 Å². The maximum absolute atomic E-state index is 12.5. The van der Waals surface area contributed by atoms with Gasteiger partial charge in [-0.15, -0.1) is 0 Å². The smallest absolute Gasteiger partial charge is 0.317 e. The Morgan fingerprint density at radius 2 is 1.79 bits per heavy atom. The lowest BCUT2D eigenvalue weighted by Gasteiger charge is -2.33. The zero-order valence-electron chi connectivity index (χ0n) is 14.0. The zero-order valence-corrected chi connectivity index (χ0v) is 15.5. The number of nitrogens with zero attached hydrogens (tertiary/aromatic N) is 2. The largest absolute Gasteiger partial charge is 0.338 e. The molecule has 1 aliphatic heterocycles. The minimum atomic E-state index is -0.0536. The highest BCUT2D eigenvalue weighted by Crippen LogP contribution is 2.24. The van der Waals surface area contributed by atoms with Crippen molar-refractivity contribution in [1.82, 2.24) is 15.1 Å². The van der Waals surface area contributed by atoms with E-state index in [0.29, 0.717) is 41.8 Å². The maximum Gasteiger partial charge on any atom is 0.317 e. The highest BCUT2D eigenvalue weighted by molar-refractivity contribution is 6.42. The molecule has 0 spiro atoms. The van der Waals surface area contributed by atoms with Crippen LogP contribution in [-0.2, 0) is 0 Å². The highest BCUT2D eigenvalue weighted by Gasteiger charge is 2.25. The first-order valence-corrected chi connectivity index (χ1v) is 9.01. The van der Waals surface area contributed by atoms with Crippen LogP contribution in [0.2, 0.25) is 10.0 Å². The molecule has 0 aliphatic carbocycles. The van der Waals surface area contributed by atoms with Gasteiger partial charge in [-0.05, 0) is 44.9 Å². The van der Waals surface area contributed by atoms with E-state index in [1.165, 1.54) is 0 Å². The fourth-order valence-corrected chi connectivity index (χ4v) is 3.11. The van der Waals surface area contributed by atoms with Crippen LogP contribution in [0.4, 0.5) is 4.79 Å². The third kappa shape index (κ3) is 4.54. The Morgan fingerprint density at radius 3 is 2.33 bits per heavy atom. The van der Waals surface area contributed by atoms with Crippen LogP contribution in [0.1, 0.15) is 37.0 Å². The van der Waals surface area contributed by atoms with Crippen LogP contribution in [0.15, 0.2) is 18.2 Å². The molecule has 1 aromatic rings. The van der Waals surface area contributed by atoms with Gasteiger partial charge in [0.15, 0.2) is 0 Å². The normalized spacial score (nSPS) is 15.2. The van der Waals surface area contributed by atoms with E-state index in [2.05, 4.69) is 5.32 Å². The van der Waals surface area contributed by atoms with Crippen molar-refractivity contribution in [3.05, 3.63) is 33.8 Å². The average molecular weight is 372 g/mol. The molecule has 5 nitrogen and oxygen atoms in total. The molecule has 1 aromatic carbocycles. The van der Waals surface area contributed by atoms with E-state index >= 15 is 0 Å². The van der Waals surface area contributed by atoms with Gasteiger partial charge in [0.05, 0.1) is 10.0 Å². The number of piperidine rings is 1. The van der Waals surface area contributed by atoms with Crippen LogP contribution >= 0.6 is 23.2 Å². The quantitative estimate of drug-likeness (QED) is 0.877. The predicted octanol–water partition coefficient (Wildman–Crippen LogP) is 3.65. The van der Waals surface area contributed by atoms with Crippen molar-refractivity contribution in [2.45, 2.75) is 32.7 Å². The summed E-state index contributed by atoms with van der Waals surface area (Å²) in [6.45, 7) is 6.53. The molecule has 1 saturated heterocycles. The topological polar surface area (TPSA) is 52.7 Å². The minimum absolute atomic E-state index is 0.0331. The summed E-state index contributed by atoms with van der Waals surface area (Å²) in [6, 6.07) is 4.99. The van der Waals surface area contributed by atoms with Crippen molar-refractivity contribution in [2.24, 2.45) is 0 Å². The van der Waals surface area contributed by atoms with E-state index in [1.54, 1.807) is 28.0 Å². The average Bonchev–Trinajstić information content (AvgIpc) is 2.58. The molecule has 7 heteroatoms. The van der Waals surface area contributed by atoms with Gasteiger partial charge in [-0.2, -0.15) is 0 Å². The molecule has 0 unspecified atom stereocenters. The Morgan fingerprint density at radius 1 is 1.17 bits per heavy atom. The van der Waals surface area contributed by atoms with Gasteiger partial charge >= 0.3 is 6.03 Å². The lowest BCUT2D eigenvalue weighted by atomic mass is 10.0. The van der Waals surface area contributed by atoms with Gasteiger partial charge in [-0.25, -0.2) is 4.79 Å². The number of rotatable bonds is 4. The summed E-state index contributed by atoms with van der Waals surface area (Å²) in [6.07, 6.45) is 1.50. The number of benzene rings is 1. The van der Waals surface area contributed by atoms with Crippen LogP contribution in [0, 0.1) is 0 Å². The summed E-state index contributed by atoms with van der Waals surface area (Å²) < 4.78 is 0. The molecule has 0 radical (unpaired) electrons. The van der Waals surface area contributed by atoms with Crippen LogP contribution in [0.25, 0.3) is 0 Å². The Kier molecular flexibility index (Phi) is 6.75. The standard InChI is InChI=1S/C17H23Cl2N3O2/c1-3-21(4-2)17(24)20-13-7-9-22(10-8-13)16(23)12-5-6-14(18)15(19)11-12/h5-6,11,13H,3-4,7-10H2,1-2H3,(H,20,24). The molecular weight excluding hydrogens is 349 g/mol. The van der Waals surface area contributed by atoms with Crippen molar-refractivity contribution in [3.8, 4) is 0 Å². The Hall–Kier alpha value is -1.46. The molecule has 0 aromatic heterocycles. The van der Waals surface area contributed by atoms with Crippen LogP contribution in [0.3, 0.4) is 0 Å². The second-order valence-electron chi connectivity index (χ2n) is 5.82.